The lowest BCUT2D eigenvalue weighted by atomic mass is 9.91. The number of methoxy groups -OCH3 is 1. The molecule has 0 unspecified atom stereocenters. The van der Waals surface area contributed by atoms with Gasteiger partial charge in [0.1, 0.15) is 5.82 Å². The van der Waals surface area contributed by atoms with Gasteiger partial charge in [0.15, 0.2) is 0 Å². The van der Waals surface area contributed by atoms with Crippen LogP contribution in [0.2, 0.25) is 0 Å². The maximum absolute atomic E-state index is 13.2. The van der Waals surface area contributed by atoms with Gasteiger partial charge in [0.2, 0.25) is 5.91 Å². The SMILES string of the molecule is CO[C@H](C[C@H](CCCCN(C)Cc1cc(C)ccn1)C(=O)NO)c1ccc(F)cc1. The Morgan fingerprint density at radius 1 is 1.27 bits per heavy atom. The molecule has 0 radical (unpaired) electrons. The number of nitrogens with one attached hydrogen (secondary N) is 1. The molecule has 0 aliphatic rings. The van der Waals surface area contributed by atoms with Crippen LogP contribution < -0.4 is 5.48 Å². The maximum Gasteiger partial charge on any atom is 0.246 e. The lowest BCUT2D eigenvalue weighted by Crippen LogP contribution is -2.29. The van der Waals surface area contributed by atoms with Gasteiger partial charge in [-0.25, -0.2) is 9.87 Å². The molecule has 0 bridgehead atoms. The normalized spacial score (nSPS) is 13.3. The molecule has 30 heavy (non-hydrogen) atoms. The van der Waals surface area contributed by atoms with Crippen LogP contribution in [0.25, 0.3) is 0 Å². The summed E-state index contributed by atoms with van der Waals surface area (Å²) in [6.45, 7) is 3.71. The Bertz CT molecular complexity index is 786. The van der Waals surface area contributed by atoms with E-state index in [-0.39, 0.29) is 11.9 Å². The second-order valence-electron chi connectivity index (χ2n) is 7.74. The van der Waals surface area contributed by atoms with E-state index in [0.29, 0.717) is 12.8 Å². The second kappa shape index (κ2) is 12.4. The highest BCUT2D eigenvalue weighted by molar-refractivity contribution is 5.77. The van der Waals surface area contributed by atoms with Gasteiger partial charge in [-0.05, 0) is 75.2 Å². The first-order valence-corrected chi connectivity index (χ1v) is 10.2. The quantitative estimate of drug-likeness (QED) is 0.310. The van der Waals surface area contributed by atoms with E-state index in [9.17, 15) is 9.18 Å². The smallest absolute Gasteiger partial charge is 0.246 e. The summed E-state index contributed by atoms with van der Waals surface area (Å²) in [5.74, 6) is -1.13. The number of carbonyl (C=O) groups excluding carboxylic acids is 1. The van der Waals surface area contributed by atoms with Crippen LogP contribution in [0.3, 0.4) is 0 Å². The monoisotopic (exact) mass is 417 g/mol. The fourth-order valence-corrected chi connectivity index (χ4v) is 3.56. The first-order chi connectivity index (χ1) is 14.4. The van der Waals surface area contributed by atoms with Crippen LogP contribution in [-0.4, -0.2) is 41.7 Å². The van der Waals surface area contributed by atoms with Crippen molar-refractivity contribution in [1.82, 2.24) is 15.4 Å². The number of hydroxylamine groups is 1. The summed E-state index contributed by atoms with van der Waals surface area (Å²) in [5, 5.41) is 9.12. The summed E-state index contributed by atoms with van der Waals surface area (Å²) in [4.78, 5) is 18.7. The average Bonchev–Trinajstić information content (AvgIpc) is 2.73. The number of carbonyl (C=O) groups is 1. The lowest BCUT2D eigenvalue weighted by Gasteiger charge is -2.22. The number of nitrogens with zero attached hydrogens (tertiary/aromatic N) is 2. The maximum atomic E-state index is 13.2. The third kappa shape index (κ3) is 7.82. The van der Waals surface area contributed by atoms with E-state index in [4.69, 9.17) is 9.94 Å². The molecule has 1 aromatic carbocycles. The minimum atomic E-state index is -0.420. The summed E-state index contributed by atoms with van der Waals surface area (Å²) in [6, 6.07) is 10.1. The molecule has 2 atom stereocenters. The number of ether oxygens (including phenoxy) is 1. The highest BCUT2D eigenvalue weighted by Crippen LogP contribution is 2.28. The van der Waals surface area contributed by atoms with Crippen molar-refractivity contribution in [2.45, 2.75) is 45.3 Å². The van der Waals surface area contributed by atoms with E-state index in [1.165, 1.54) is 17.7 Å². The highest BCUT2D eigenvalue weighted by Gasteiger charge is 2.23. The van der Waals surface area contributed by atoms with E-state index in [2.05, 4.69) is 29.9 Å². The third-order valence-corrected chi connectivity index (χ3v) is 5.25. The molecule has 0 spiro atoms. The van der Waals surface area contributed by atoms with Crippen molar-refractivity contribution in [1.29, 1.82) is 0 Å². The largest absolute Gasteiger partial charge is 0.377 e. The Hall–Kier alpha value is -2.35. The van der Waals surface area contributed by atoms with Crippen LogP contribution in [-0.2, 0) is 16.1 Å². The number of amides is 1. The van der Waals surface area contributed by atoms with Crippen LogP contribution in [0.15, 0.2) is 42.6 Å². The van der Waals surface area contributed by atoms with Crippen molar-refractivity contribution in [2.75, 3.05) is 20.7 Å². The molecule has 0 aliphatic heterocycles. The molecular weight excluding hydrogens is 385 g/mol. The van der Waals surface area contributed by atoms with Gasteiger partial charge in [-0.15, -0.1) is 0 Å². The first-order valence-electron chi connectivity index (χ1n) is 10.2. The summed E-state index contributed by atoms with van der Waals surface area (Å²) in [5.41, 5.74) is 4.81. The predicted molar refractivity (Wildman–Crippen MR) is 113 cm³/mol. The Morgan fingerprint density at radius 2 is 2.00 bits per heavy atom. The first kappa shape index (κ1) is 23.9. The van der Waals surface area contributed by atoms with Gasteiger partial charge in [-0.2, -0.15) is 0 Å². The zero-order valence-electron chi connectivity index (χ0n) is 18.0. The number of aryl methyl sites for hydroxylation is 1. The van der Waals surface area contributed by atoms with Gasteiger partial charge in [-0.3, -0.25) is 15.0 Å². The fraction of sp³-hybridized carbons (Fsp3) is 0.478. The van der Waals surface area contributed by atoms with Gasteiger partial charge in [-0.1, -0.05) is 18.6 Å². The molecular formula is C23H32FN3O3. The van der Waals surface area contributed by atoms with Crippen molar-refractivity contribution in [2.24, 2.45) is 5.92 Å². The van der Waals surface area contributed by atoms with E-state index in [1.54, 1.807) is 24.7 Å². The van der Waals surface area contributed by atoms with Crippen LogP contribution in [0.1, 0.15) is 48.6 Å². The average molecular weight is 418 g/mol. The summed E-state index contributed by atoms with van der Waals surface area (Å²) < 4.78 is 18.7. The van der Waals surface area contributed by atoms with Crippen LogP contribution in [0.5, 0.6) is 0 Å². The Morgan fingerprint density at radius 3 is 2.63 bits per heavy atom. The Balaban J connectivity index is 1.84. The molecule has 1 aromatic heterocycles. The Kier molecular flexibility index (Phi) is 9.86. The van der Waals surface area contributed by atoms with Crippen molar-refractivity contribution in [3.8, 4) is 0 Å². The number of halogens is 1. The number of pyridine rings is 1. The van der Waals surface area contributed by atoms with E-state index in [1.807, 2.05) is 12.3 Å². The molecule has 2 N–H and O–H groups in total. The molecule has 2 aromatic rings. The van der Waals surface area contributed by atoms with Gasteiger partial charge in [0.25, 0.3) is 0 Å². The molecule has 0 saturated heterocycles. The third-order valence-electron chi connectivity index (χ3n) is 5.25. The topological polar surface area (TPSA) is 74.7 Å². The minimum absolute atomic E-state index is 0.316. The van der Waals surface area contributed by atoms with Crippen molar-refractivity contribution in [3.05, 3.63) is 65.2 Å². The molecule has 1 heterocycles. The van der Waals surface area contributed by atoms with Crippen LogP contribution in [0.4, 0.5) is 4.39 Å². The highest BCUT2D eigenvalue weighted by atomic mass is 19.1. The summed E-state index contributed by atoms with van der Waals surface area (Å²) in [6.07, 6.45) is 4.28. The van der Waals surface area contributed by atoms with Gasteiger partial charge in [0, 0.05) is 25.8 Å². The standard InChI is InChI=1S/C23H32FN3O3/c1-17-11-12-25-21(14-17)16-27(2)13-5-4-6-19(23(28)26-29)15-22(30-3)18-7-9-20(24)10-8-18/h7-12,14,19,22,29H,4-6,13,15-16H2,1-3H3,(H,26,28)/t19-,22+/m0/s1. The molecule has 6 nitrogen and oxygen atoms in total. The Labute approximate surface area is 178 Å². The van der Waals surface area contributed by atoms with E-state index in [0.717, 1.165) is 37.2 Å². The van der Waals surface area contributed by atoms with Crippen LogP contribution >= 0.6 is 0 Å². The molecule has 164 valence electrons. The van der Waals surface area contributed by atoms with Gasteiger partial charge >= 0.3 is 0 Å². The number of hydrogen-bond donors (Lipinski definition) is 2. The summed E-state index contributed by atoms with van der Waals surface area (Å²) in [7, 11) is 3.62. The number of benzene rings is 1. The molecule has 7 heteroatoms. The fourth-order valence-electron chi connectivity index (χ4n) is 3.56. The van der Waals surface area contributed by atoms with Gasteiger partial charge < -0.3 is 9.64 Å². The van der Waals surface area contributed by atoms with Gasteiger partial charge in [0.05, 0.1) is 11.8 Å². The zero-order valence-corrected chi connectivity index (χ0v) is 18.0. The van der Waals surface area contributed by atoms with Crippen molar-refractivity contribution >= 4 is 5.91 Å². The second-order valence-corrected chi connectivity index (χ2v) is 7.74. The number of aromatic nitrogens is 1. The van der Waals surface area contributed by atoms with E-state index < -0.39 is 11.8 Å². The van der Waals surface area contributed by atoms with Crippen LogP contribution in [0, 0.1) is 18.7 Å². The number of hydrogen-bond acceptors (Lipinski definition) is 5. The molecule has 2 rings (SSSR count). The van der Waals surface area contributed by atoms with Crippen molar-refractivity contribution < 1.29 is 19.1 Å². The lowest BCUT2D eigenvalue weighted by molar-refractivity contribution is -0.135. The molecule has 0 fully saturated rings. The number of unbranched alkanes of at least 4 members (excludes halogenated alkanes) is 1. The summed E-state index contributed by atoms with van der Waals surface area (Å²) >= 11 is 0. The minimum Gasteiger partial charge on any atom is -0.377 e. The zero-order chi connectivity index (χ0) is 21.9. The van der Waals surface area contributed by atoms with Crippen molar-refractivity contribution in [3.63, 3.8) is 0 Å². The predicted octanol–water partition coefficient (Wildman–Crippen LogP) is 4.03. The molecule has 1 amide bonds. The molecule has 0 aliphatic carbocycles. The van der Waals surface area contributed by atoms with E-state index >= 15 is 0 Å². The molecule has 0 saturated carbocycles. The number of rotatable bonds is 12.